The highest BCUT2D eigenvalue weighted by Crippen LogP contribution is 2.31. The first-order valence-corrected chi connectivity index (χ1v) is 5.98. The molecule has 1 heterocycles. The topological polar surface area (TPSA) is 57.8 Å². The summed E-state index contributed by atoms with van der Waals surface area (Å²) in [7, 11) is 0. The van der Waals surface area contributed by atoms with Crippen molar-refractivity contribution in [3.63, 3.8) is 0 Å². The molecule has 4 heteroatoms. The number of hydrogen-bond acceptors (Lipinski definition) is 3. The van der Waals surface area contributed by atoms with Gasteiger partial charge in [0, 0.05) is 12.1 Å². The Kier molecular flexibility index (Phi) is 3.27. The Morgan fingerprint density at radius 2 is 2.25 bits per heavy atom. The number of aromatic nitrogens is 2. The minimum atomic E-state index is -0.151. The van der Waals surface area contributed by atoms with Crippen LogP contribution in [0.3, 0.4) is 0 Å². The van der Waals surface area contributed by atoms with Crippen LogP contribution in [0.4, 0.5) is 5.69 Å². The van der Waals surface area contributed by atoms with Crippen LogP contribution >= 0.6 is 0 Å². The van der Waals surface area contributed by atoms with Gasteiger partial charge in [-0.3, -0.25) is 4.79 Å². The summed E-state index contributed by atoms with van der Waals surface area (Å²) in [6.07, 6.45) is 5.43. The van der Waals surface area contributed by atoms with Gasteiger partial charge in [-0.05, 0) is 18.3 Å². The zero-order valence-corrected chi connectivity index (χ0v) is 9.86. The van der Waals surface area contributed by atoms with E-state index in [1.165, 1.54) is 19.3 Å². The van der Waals surface area contributed by atoms with Gasteiger partial charge in [0.1, 0.15) is 0 Å². The van der Waals surface area contributed by atoms with Crippen molar-refractivity contribution >= 4 is 5.69 Å². The van der Waals surface area contributed by atoms with Crippen molar-refractivity contribution in [1.82, 2.24) is 10.2 Å². The van der Waals surface area contributed by atoms with Crippen LogP contribution in [-0.4, -0.2) is 16.2 Å². The third kappa shape index (κ3) is 2.43. The number of anilines is 1. The molecule has 1 aromatic rings. The summed E-state index contributed by atoms with van der Waals surface area (Å²) in [5.74, 6) is 1.40. The lowest BCUT2D eigenvalue weighted by molar-refractivity contribution is 0.253. The summed E-state index contributed by atoms with van der Waals surface area (Å²) in [6.45, 7) is 4.58. The second-order valence-electron chi connectivity index (χ2n) is 4.85. The highest BCUT2D eigenvalue weighted by molar-refractivity contribution is 5.40. The van der Waals surface area contributed by atoms with Gasteiger partial charge in [-0.15, -0.1) is 0 Å². The molecule has 2 N–H and O–H groups in total. The molecule has 4 nitrogen and oxygen atoms in total. The molecular weight excluding hydrogens is 202 g/mol. The smallest absolute Gasteiger partial charge is 0.266 e. The standard InChI is InChI=1S/C12H19N3O/c1-8-4-3-5-11(9(8)2)14-10-6-12(16)15-13-7-10/h6-9,11H,3-5H2,1-2H3,(H2,14,15,16). The van der Waals surface area contributed by atoms with Gasteiger partial charge in [-0.25, -0.2) is 5.10 Å². The van der Waals surface area contributed by atoms with Crippen LogP contribution in [0.1, 0.15) is 33.1 Å². The van der Waals surface area contributed by atoms with E-state index in [1.807, 2.05) is 0 Å². The Morgan fingerprint density at radius 1 is 1.44 bits per heavy atom. The molecule has 16 heavy (non-hydrogen) atoms. The number of nitrogens with zero attached hydrogens (tertiary/aromatic N) is 1. The Hall–Kier alpha value is -1.32. The van der Waals surface area contributed by atoms with E-state index in [0.717, 1.165) is 11.6 Å². The Labute approximate surface area is 95.5 Å². The number of H-pyrrole nitrogens is 1. The molecule has 0 saturated heterocycles. The highest BCUT2D eigenvalue weighted by Gasteiger charge is 2.26. The molecule has 1 aromatic heterocycles. The van der Waals surface area contributed by atoms with Gasteiger partial charge in [-0.2, -0.15) is 5.10 Å². The minimum absolute atomic E-state index is 0.151. The summed E-state index contributed by atoms with van der Waals surface area (Å²) >= 11 is 0. The molecule has 1 saturated carbocycles. The molecule has 88 valence electrons. The highest BCUT2D eigenvalue weighted by atomic mass is 16.1. The molecule has 0 radical (unpaired) electrons. The number of nitrogens with one attached hydrogen (secondary N) is 2. The summed E-state index contributed by atoms with van der Waals surface area (Å²) < 4.78 is 0. The fraction of sp³-hybridized carbons (Fsp3) is 0.667. The van der Waals surface area contributed by atoms with E-state index in [9.17, 15) is 4.79 Å². The largest absolute Gasteiger partial charge is 0.381 e. The first-order valence-electron chi connectivity index (χ1n) is 5.98. The third-order valence-electron chi connectivity index (χ3n) is 3.72. The van der Waals surface area contributed by atoms with Gasteiger partial charge in [-0.1, -0.05) is 26.7 Å². The van der Waals surface area contributed by atoms with Crippen LogP contribution in [-0.2, 0) is 0 Å². The SMILES string of the molecule is CC1CCCC(Nc2cn[nH]c(=O)c2)C1C. The van der Waals surface area contributed by atoms with Crippen LogP contribution in [0.25, 0.3) is 0 Å². The van der Waals surface area contributed by atoms with Gasteiger partial charge in [0.05, 0.1) is 11.9 Å². The van der Waals surface area contributed by atoms with Crippen molar-refractivity contribution in [1.29, 1.82) is 0 Å². The fourth-order valence-electron chi connectivity index (χ4n) is 2.45. The number of hydrogen-bond donors (Lipinski definition) is 2. The van der Waals surface area contributed by atoms with Gasteiger partial charge in [0.25, 0.3) is 5.56 Å². The van der Waals surface area contributed by atoms with E-state index < -0.39 is 0 Å². The van der Waals surface area contributed by atoms with E-state index in [0.29, 0.717) is 12.0 Å². The van der Waals surface area contributed by atoms with E-state index in [2.05, 4.69) is 29.4 Å². The zero-order valence-electron chi connectivity index (χ0n) is 9.86. The molecule has 1 fully saturated rings. The third-order valence-corrected chi connectivity index (χ3v) is 3.72. The summed E-state index contributed by atoms with van der Waals surface area (Å²) in [5.41, 5.74) is 0.677. The first-order chi connectivity index (χ1) is 7.66. The van der Waals surface area contributed by atoms with Crippen molar-refractivity contribution in [2.45, 2.75) is 39.2 Å². The van der Waals surface area contributed by atoms with E-state index in [-0.39, 0.29) is 5.56 Å². The van der Waals surface area contributed by atoms with E-state index >= 15 is 0 Å². The maximum absolute atomic E-state index is 11.1. The number of rotatable bonds is 2. The quantitative estimate of drug-likeness (QED) is 0.803. The molecule has 0 aliphatic heterocycles. The Bertz CT molecular complexity index is 401. The molecule has 0 aromatic carbocycles. The van der Waals surface area contributed by atoms with Crippen molar-refractivity contribution in [2.75, 3.05) is 5.32 Å². The average Bonchev–Trinajstić information content (AvgIpc) is 2.25. The second-order valence-corrected chi connectivity index (χ2v) is 4.85. The van der Waals surface area contributed by atoms with Crippen LogP contribution in [0.5, 0.6) is 0 Å². The Balaban J connectivity index is 2.06. The molecule has 1 aliphatic carbocycles. The monoisotopic (exact) mass is 221 g/mol. The molecule has 0 amide bonds. The van der Waals surface area contributed by atoms with Crippen molar-refractivity contribution in [2.24, 2.45) is 11.8 Å². The van der Waals surface area contributed by atoms with Gasteiger partial charge in [0.2, 0.25) is 0 Å². The predicted molar refractivity (Wildman–Crippen MR) is 64.4 cm³/mol. The molecule has 3 unspecified atom stereocenters. The molecule has 0 bridgehead atoms. The fourth-order valence-corrected chi connectivity index (χ4v) is 2.45. The molecule has 1 aliphatic rings. The number of aromatic amines is 1. The van der Waals surface area contributed by atoms with Crippen LogP contribution < -0.4 is 10.9 Å². The lowest BCUT2D eigenvalue weighted by Gasteiger charge is -2.35. The summed E-state index contributed by atoms with van der Waals surface area (Å²) in [6, 6.07) is 2.03. The predicted octanol–water partition coefficient (Wildman–Crippen LogP) is 2.01. The van der Waals surface area contributed by atoms with Crippen LogP contribution in [0.2, 0.25) is 0 Å². The molecule has 0 spiro atoms. The van der Waals surface area contributed by atoms with Crippen LogP contribution in [0.15, 0.2) is 17.1 Å². The lowest BCUT2D eigenvalue weighted by Crippen LogP contribution is -2.35. The molecular formula is C12H19N3O. The van der Waals surface area contributed by atoms with E-state index in [4.69, 9.17) is 0 Å². The molecule has 2 rings (SSSR count). The molecule has 3 atom stereocenters. The second kappa shape index (κ2) is 4.68. The summed E-state index contributed by atoms with van der Waals surface area (Å²) in [5, 5.41) is 9.60. The maximum atomic E-state index is 11.1. The van der Waals surface area contributed by atoms with Gasteiger partial charge >= 0.3 is 0 Å². The Morgan fingerprint density at radius 3 is 3.00 bits per heavy atom. The average molecular weight is 221 g/mol. The van der Waals surface area contributed by atoms with Crippen molar-refractivity contribution < 1.29 is 0 Å². The van der Waals surface area contributed by atoms with E-state index in [1.54, 1.807) is 12.3 Å². The van der Waals surface area contributed by atoms with Gasteiger partial charge in [0.15, 0.2) is 0 Å². The minimum Gasteiger partial charge on any atom is -0.381 e. The van der Waals surface area contributed by atoms with Crippen molar-refractivity contribution in [3.8, 4) is 0 Å². The van der Waals surface area contributed by atoms with Crippen molar-refractivity contribution in [3.05, 3.63) is 22.6 Å². The first kappa shape index (κ1) is 11.2. The van der Waals surface area contributed by atoms with Gasteiger partial charge < -0.3 is 5.32 Å². The zero-order chi connectivity index (χ0) is 11.5. The maximum Gasteiger partial charge on any atom is 0.266 e. The summed E-state index contributed by atoms with van der Waals surface area (Å²) in [4.78, 5) is 11.1. The normalized spacial score (nSPS) is 30.0. The lowest BCUT2D eigenvalue weighted by atomic mass is 9.78. The van der Waals surface area contributed by atoms with Crippen LogP contribution in [0, 0.1) is 11.8 Å².